The molecule has 0 fully saturated rings. The minimum absolute atomic E-state index is 0. The minimum Gasteiger partial charge on any atom is -0.355 e. The van der Waals surface area contributed by atoms with Crippen LogP contribution in [-0.4, -0.2) is 19.0 Å². The van der Waals surface area contributed by atoms with Crippen LogP contribution >= 0.6 is 23.7 Å². The fraction of sp³-hybridized carbons (Fsp3) is 0.583. The van der Waals surface area contributed by atoms with Crippen LogP contribution in [0.25, 0.3) is 0 Å². The van der Waals surface area contributed by atoms with Gasteiger partial charge in [-0.3, -0.25) is 4.79 Å². The molecule has 1 aromatic heterocycles. The molecular formula is C12H21ClN2OS. The van der Waals surface area contributed by atoms with Crippen molar-refractivity contribution < 1.29 is 4.79 Å². The molecule has 0 aliphatic rings. The van der Waals surface area contributed by atoms with Crippen LogP contribution in [0.3, 0.4) is 0 Å². The standard InChI is InChI=1S/C12H20N2OS.ClH/c1-9-8-11(10(2)16-9)4-3-5-12(15)14-7-6-13;/h8H,3-7,13H2,1-2H3,(H,14,15);1H. The van der Waals surface area contributed by atoms with Crippen LogP contribution in [0, 0.1) is 13.8 Å². The number of halogens is 1. The first-order valence-electron chi connectivity index (χ1n) is 5.66. The zero-order valence-electron chi connectivity index (χ0n) is 10.4. The zero-order chi connectivity index (χ0) is 12.0. The number of hydrogen-bond donors (Lipinski definition) is 2. The van der Waals surface area contributed by atoms with E-state index < -0.39 is 0 Å². The first-order valence-corrected chi connectivity index (χ1v) is 6.48. The molecule has 17 heavy (non-hydrogen) atoms. The molecule has 0 saturated heterocycles. The largest absolute Gasteiger partial charge is 0.355 e. The summed E-state index contributed by atoms with van der Waals surface area (Å²) in [6.45, 7) is 5.35. The molecule has 0 radical (unpaired) electrons. The smallest absolute Gasteiger partial charge is 0.220 e. The van der Waals surface area contributed by atoms with Crippen molar-refractivity contribution in [3.8, 4) is 0 Å². The van der Waals surface area contributed by atoms with E-state index in [-0.39, 0.29) is 18.3 Å². The van der Waals surface area contributed by atoms with Crippen molar-refractivity contribution in [3.63, 3.8) is 0 Å². The number of carbonyl (C=O) groups is 1. The van der Waals surface area contributed by atoms with E-state index in [1.165, 1.54) is 15.3 Å². The van der Waals surface area contributed by atoms with Gasteiger partial charge in [0.2, 0.25) is 5.91 Å². The maximum Gasteiger partial charge on any atom is 0.220 e. The third-order valence-corrected chi connectivity index (χ3v) is 3.47. The third-order valence-electron chi connectivity index (χ3n) is 2.46. The molecule has 0 saturated carbocycles. The Bertz CT molecular complexity index is 352. The van der Waals surface area contributed by atoms with Crippen molar-refractivity contribution in [3.05, 3.63) is 21.4 Å². The summed E-state index contributed by atoms with van der Waals surface area (Å²) in [4.78, 5) is 14.0. The molecule has 0 spiro atoms. The Morgan fingerprint density at radius 2 is 2.18 bits per heavy atom. The molecule has 98 valence electrons. The molecule has 1 amide bonds. The van der Waals surface area contributed by atoms with Gasteiger partial charge in [0.05, 0.1) is 0 Å². The van der Waals surface area contributed by atoms with Crippen LogP contribution in [0.4, 0.5) is 0 Å². The lowest BCUT2D eigenvalue weighted by atomic mass is 10.1. The second-order valence-electron chi connectivity index (χ2n) is 3.93. The average molecular weight is 277 g/mol. The van der Waals surface area contributed by atoms with Crippen LogP contribution in [0.15, 0.2) is 6.07 Å². The molecule has 0 aliphatic carbocycles. The summed E-state index contributed by atoms with van der Waals surface area (Å²) in [6.07, 6.45) is 2.49. The highest BCUT2D eigenvalue weighted by Crippen LogP contribution is 2.21. The van der Waals surface area contributed by atoms with E-state index in [0.29, 0.717) is 19.5 Å². The Hall–Kier alpha value is -0.580. The molecule has 0 atom stereocenters. The number of nitrogens with two attached hydrogens (primary N) is 1. The summed E-state index contributed by atoms with van der Waals surface area (Å²) in [5.74, 6) is 0.107. The fourth-order valence-corrected chi connectivity index (χ4v) is 2.65. The fourth-order valence-electron chi connectivity index (χ4n) is 1.67. The summed E-state index contributed by atoms with van der Waals surface area (Å²) >= 11 is 1.82. The Balaban J connectivity index is 0.00000256. The van der Waals surface area contributed by atoms with Gasteiger partial charge < -0.3 is 11.1 Å². The number of rotatable bonds is 6. The molecule has 1 heterocycles. The highest BCUT2D eigenvalue weighted by atomic mass is 35.5. The van der Waals surface area contributed by atoms with Crippen LogP contribution in [0.1, 0.15) is 28.2 Å². The molecule has 0 aromatic carbocycles. The SMILES string of the molecule is Cc1cc(CCCC(=O)NCCN)c(C)s1.Cl. The number of thiophene rings is 1. The highest BCUT2D eigenvalue weighted by Gasteiger charge is 2.04. The zero-order valence-corrected chi connectivity index (χ0v) is 12.0. The first-order chi connectivity index (χ1) is 7.63. The van der Waals surface area contributed by atoms with Gasteiger partial charge in [-0.05, 0) is 38.3 Å². The van der Waals surface area contributed by atoms with Crippen LogP contribution in [0.5, 0.6) is 0 Å². The lowest BCUT2D eigenvalue weighted by molar-refractivity contribution is -0.121. The summed E-state index contributed by atoms with van der Waals surface area (Å²) in [7, 11) is 0. The topological polar surface area (TPSA) is 55.1 Å². The van der Waals surface area contributed by atoms with Gasteiger partial charge in [-0.15, -0.1) is 23.7 Å². The quantitative estimate of drug-likeness (QED) is 0.837. The summed E-state index contributed by atoms with van der Waals surface area (Å²) in [5.41, 5.74) is 6.69. The van der Waals surface area contributed by atoms with E-state index in [2.05, 4.69) is 25.2 Å². The Kier molecular flexibility index (Phi) is 8.21. The van der Waals surface area contributed by atoms with Crippen molar-refractivity contribution >= 4 is 29.7 Å². The molecule has 3 N–H and O–H groups in total. The van der Waals surface area contributed by atoms with E-state index in [4.69, 9.17) is 5.73 Å². The van der Waals surface area contributed by atoms with Crippen molar-refractivity contribution in [1.82, 2.24) is 5.32 Å². The predicted molar refractivity (Wildman–Crippen MR) is 76.0 cm³/mol. The Morgan fingerprint density at radius 1 is 1.47 bits per heavy atom. The van der Waals surface area contributed by atoms with E-state index >= 15 is 0 Å². The number of aryl methyl sites for hydroxylation is 3. The Morgan fingerprint density at radius 3 is 2.71 bits per heavy atom. The number of amides is 1. The second-order valence-corrected chi connectivity index (χ2v) is 5.39. The summed E-state index contributed by atoms with van der Waals surface area (Å²) in [6, 6.07) is 2.22. The second kappa shape index (κ2) is 8.50. The highest BCUT2D eigenvalue weighted by molar-refractivity contribution is 7.12. The minimum atomic E-state index is 0. The van der Waals surface area contributed by atoms with E-state index in [1.807, 2.05) is 11.3 Å². The normalized spacial score (nSPS) is 9.82. The van der Waals surface area contributed by atoms with Crippen molar-refractivity contribution in [2.45, 2.75) is 33.1 Å². The lowest BCUT2D eigenvalue weighted by Gasteiger charge is -2.03. The van der Waals surface area contributed by atoms with E-state index in [1.54, 1.807) is 0 Å². The van der Waals surface area contributed by atoms with Crippen LogP contribution in [-0.2, 0) is 11.2 Å². The van der Waals surface area contributed by atoms with Gasteiger partial charge in [-0.25, -0.2) is 0 Å². The van der Waals surface area contributed by atoms with Gasteiger partial charge in [0, 0.05) is 29.3 Å². The maximum atomic E-state index is 11.3. The molecule has 0 unspecified atom stereocenters. The van der Waals surface area contributed by atoms with Crippen molar-refractivity contribution in [2.75, 3.05) is 13.1 Å². The molecular weight excluding hydrogens is 256 g/mol. The van der Waals surface area contributed by atoms with Gasteiger partial charge in [0.1, 0.15) is 0 Å². The van der Waals surface area contributed by atoms with Crippen LogP contribution in [0.2, 0.25) is 0 Å². The van der Waals surface area contributed by atoms with E-state index in [0.717, 1.165) is 12.8 Å². The molecule has 1 rings (SSSR count). The third kappa shape index (κ3) is 6.05. The molecule has 5 heteroatoms. The van der Waals surface area contributed by atoms with Gasteiger partial charge >= 0.3 is 0 Å². The number of nitrogens with one attached hydrogen (secondary N) is 1. The summed E-state index contributed by atoms with van der Waals surface area (Å²) in [5, 5.41) is 2.78. The van der Waals surface area contributed by atoms with Gasteiger partial charge in [0.15, 0.2) is 0 Å². The summed E-state index contributed by atoms with van der Waals surface area (Å²) < 4.78 is 0. The van der Waals surface area contributed by atoms with Gasteiger partial charge in [-0.2, -0.15) is 0 Å². The lowest BCUT2D eigenvalue weighted by Crippen LogP contribution is -2.28. The van der Waals surface area contributed by atoms with Gasteiger partial charge in [-0.1, -0.05) is 0 Å². The molecule has 1 aromatic rings. The van der Waals surface area contributed by atoms with Crippen LogP contribution < -0.4 is 11.1 Å². The number of carbonyl (C=O) groups excluding carboxylic acids is 1. The van der Waals surface area contributed by atoms with Crippen molar-refractivity contribution in [2.24, 2.45) is 5.73 Å². The maximum absolute atomic E-state index is 11.3. The monoisotopic (exact) mass is 276 g/mol. The average Bonchev–Trinajstić information content (AvgIpc) is 2.55. The molecule has 0 bridgehead atoms. The first kappa shape index (κ1) is 16.4. The Labute approximate surface area is 113 Å². The number of hydrogen-bond acceptors (Lipinski definition) is 3. The van der Waals surface area contributed by atoms with Crippen molar-refractivity contribution in [1.29, 1.82) is 0 Å². The molecule has 0 aliphatic heterocycles. The van der Waals surface area contributed by atoms with Gasteiger partial charge in [0.25, 0.3) is 0 Å². The predicted octanol–water partition coefficient (Wildman–Crippen LogP) is 2.18. The van der Waals surface area contributed by atoms with E-state index in [9.17, 15) is 4.79 Å². The molecule has 3 nitrogen and oxygen atoms in total.